The lowest BCUT2D eigenvalue weighted by atomic mass is 10.1. The number of H-pyrrole nitrogens is 1. The van der Waals surface area contributed by atoms with Gasteiger partial charge in [0.2, 0.25) is 0 Å². The fourth-order valence-electron chi connectivity index (χ4n) is 5.62. The van der Waals surface area contributed by atoms with Crippen LogP contribution in [0.25, 0.3) is 22.1 Å². The van der Waals surface area contributed by atoms with E-state index in [9.17, 15) is 19.2 Å². The van der Waals surface area contributed by atoms with E-state index in [1.54, 1.807) is 109 Å². The van der Waals surface area contributed by atoms with Crippen LogP contribution in [0, 0.1) is 0 Å². The standard InChI is InChI=1S/C36H25Cl2N3O8/c37-24-16-23-17-27-31(39-26(23)18-25(24)38)40-36(45)41(27)32-30(49-35(44)22-14-8-3-9-15-22)29(48-34(43)21-12-6-2-7-13-21)28(47-32)19-46-33(42)20-10-4-1-5-11-20/h1-18,28-30,32H,19H2,(H,39,40,45)/t28-,29-,30-,32-/m1/s1. The fraction of sp³-hybridized carbons (Fsp3) is 0.139. The van der Waals surface area contributed by atoms with E-state index in [1.165, 1.54) is 4.57 Å². The molecule has 0 aliphatic carbocycles. The van der Waals surface area contributed by atoms with Gasteiger partial charge in [0, 0.05) is 5.39 Å². The highest BCUT2D eigenvalue weighted by atomic mass is 35.5. The molecular formula is C36H25Cl2N3O8. The zero-order valence-electron chi connectivity index (χ0n) is 25.3. The molecule has 49 heavy (non-hydrogen) atoms. The Hall–Kier alpha value is -5.49. The summed E-state index contributed by atoms with van der Waals surface area (Å²) in [5.41, 5.74) is 0.979. The Bertz CT molecular complexity index is 2240. The third kappa shape index (κ3) is 6.51. The molecule has 11 nitrogen and oxygen atoms in total. The van der Waals surface area contributed by atoms with Gasteiger partial charge in [-0.3, -0.25) is 9.55 Å². The first-order valence-corrected chi connectivity index (χ1v) is 15.8. The van der Waals surface area contributed by atoms with Gasteiger partial charge < -0.3 is 18.9 Å². The number of aromatic nitrogens is 3. The van der Waals surface area contributed by atoms with Gasteiger partial charge in [0.15, 0.2) is 24.1 Å². The molecule has 7 rings (SSSR count). The molecule has 1 N–H and O–H groups in total. The van der Waals surface area contributed by atoms with Crippen molar-refractivity contribution in [2.75, 3.05) is 6.61 Å². The van der Waals surface area contributed by atoms with Crippen molar-refractivity contribution in [1.82, 2.24) is 14.5 Å². The predicted octanol–water partition coefficient (Wildman–Crippen LogP) is 6.39. The van der Waals surface area contributed by atoms with E-state index in [-0.39, 0.29) is 37.9 Å². The summed E-state index contributed by atoms with van der Waals surface area (Å²) >= 11 is 12.5. The van der Waals surface area contributed by atoms with Crippen LogP contribution in [0.2, 0.25) is 10.0 Å². The maximum atomic E-state index is 13.6. The van der Waals surface area contributed by atoms with Crippen molar-refractivity contribution in [2.24, 2.45) is 0 Å². The van der Waals surface area contributed by atoms with E-state index in [4.69, 9.17) is 42.1 Å². The van der Waals surface area contributed by atoms with Crippen molar-refractivity contribution in [2.45, 2.75) is 24.5 Å². The second-order valence-corrected chi connectivity index (χ2v) is 11.9. The number of rotatable bonds is 8. The summed E-state index contributed by atoms with van der Waals surface area (Å²) in [4.78, 5) is 60.8. The molecule has 1 aliphatic rings. The Balaban J connectivity index is 1.32. The second kappa shape index (κ2) is 13.6. The van der Waals surface area contributed by atoms with E-state index >= 15 is 0 Å². The van der Waals surface area contributed by atoms with E-state index in [0.717, 1.165) is 0 Å². The van der Waals surface area contributed by atoms with E-state index in [2.05, 4.69) is 9.97 Å². The average Bonchev–Trinajstić information content (AvgIpc) is 3.61. The van der Waals surface area contributed by atoms with Crippen molar-refractivity contribution in [3.8, 4) is 0 Å². The normalized spacial score (nSPS) is 18.7. The van der Waals surface area contributed by atoms with E-state index < -0.39 is 54.7 Å². The summed E-state index contributed by atoms with van der Waals surface area (Å²) < 4.78 is 25.2. The number of fused-ring (bicyclic) bond motifs is 2. The number of nitrogens with one attached hydrogen (secondary N) is 1. The quantitative estimate of drug-likeness (QED) is 0.142. The third-order valence-corrected chi connectivity index (χ3v) is 8.70. The lowest BCUT2D eigenvalue weighted by Gasteiger charge is -2.25. The number of aromatic amines is 1. The van der Waals surface area contributed by atoms with Gasteiger partial charge in [-0.15, -0.1) is 0 Å². The Morgan fingerprint density at radius 3 is 1.86 bits per heavy atom. The molecule has 1 fully saturated rings. The molecule has 1 aliphatic heterocycles. The molecule has 0 radical (unpaired) electrons. The lowest BCUT2D eigenvalue weighted by molar-refractivity contribution is -0.0616. The van der Waals surface area contributed by atoms with Crippen LogP contribution in [0.15, 0.2) is 114 Å². The Morgan fingerprint density at radius 1 is 0.735 bits per heavy atom. The molecule has 0 unspecified atom stereocenters. The molecule has 3 heterocycles. The van der Waals surface area contributed by atoms with Crippen LogP contribution in [0.4, 0.5) is 0 Å². The van der Waals surface area contributed by atoms with Crippen LogP contribution in [-0.4, -0.2) is 57.4 Å². The highest BCUT2D eigenvalue weighted by Crippen LogP contribution is 2.37. The molecule has 4 atom stereocenters. The number of imidazole rings is 1. The van der Waals surface area contributed by atoms with Gasteiger partial charge in [0.05, 0.1) is 37.8 Å². The Morgan fingerprint density at radius 2 is 1.27 bits per heavy atom. The van der Waals surface area contributed by atoms with Crippen LogP contribution in [0.1, 0.15) is 37.3 Å². The summed E-state index contributed by atoms with van der Waals surface area (Å²) in [7, 11) is 0. The molecule has 2 aromatic heterocycles. The van der Waals surface area contributed by atoms with E-state index in [1.807, 2.05) is 0 Å². The van der Waals surface area contributed by atoms with Crippen LogP contribution in [0.3, 0.4) is 0 Å². The van der Waals surface area contributed by atoms with E-state index in [0.29, 0.717) is 10.9 Å². The molecule has 1 saturated heterocycles. The fourth-order valence-corrected chi connectivity index (χ4v) is 5.95. The number of esters is 3. The first-order chi connectivity index (χ1) is 23.8. The smallest absolute Gasteiger partial charge is 0.338 e. The van der Waals surface area contributed by atoms with Crippen molar-refractivity contribution in [1.29, 1.82) is 0 Å². The predicted molar refractivity (Wildman–Crippen MR) is 180 cm³/mol. The molecule has 0 amide bonds. The first kappa shape index (κ1) is 32.1. The Labute approximate surface area is 287 Å². The van der Waals surface area contributed by atoms with Crippen LogP contribution in [-0.2, 0) is 18.9 Å². The molecule has 13 heteroatoms. The van der Waals surface area contributed by atoms with Gasteiger partial charge >= 0.3 is 23.6 Å². The molecule has 4 aromatic carbocycles. The molecular weight excluding hydrogens is 673 g/mol. The average molecular weight is 699 g/mol. The number of hydrogen-bond acceptors (Lipinski definition) is 9. The number of carbonyl (C=O) groups excluding carboxylic acids is 3. The summed E-state index contributed by atoms with van der Waals surface area (Å²) in [5.74, 6) is -2.17. The van der Waals surface area contributed by atoms with Gasteiger partial charge in [-0.1, -0.05) is 77.8 Å². The lowest BCUT2D eigenvalue weighted by Crippen LogP contribution is -2.42. The van der Waals surface area contributed by atoms with Gasteiger partial charge in [-0.25, -0.2) is 24.2 Å². The number of pyridine rings is 1. The number of halogens is 2. The summed E-state index contributed by atoms with van der Waals surface area (Å²) in [5, 5.41) is 1.12. The minimum absolute atomic E-state index is 0.185. The molecule has 6 aromatic rings. The van der Waals surface area contributed by atoms with Gasteiger partial charge in [-0.2, -0.15) is 0 Å². The summed E-state index contributed by atoms with van der Waals surface area (Å²) in [6.45, 7) is -0.414. The largest absolute Gasteiger partial charge is 0.459 e. The number of nitrogens with zero attached hydrogens (tertiary/aromatic N) is 2. The highest BCUT2D eigenvalue weighted by Gasteiger charge is 2.52. The van der Waals surface area contributed by atoms with Crippen LogP contribution >= 0.6 is 23.2 Å². The highest BCUT2D eigenvalue weighted by molar-refractivity contribution is 6.42. The number of ether oxygens (including phenoxy) is 4. The topological polar surface area (TPSA) is 139 Å². The number of carbonyl (C=O) groups is 3. The minimum atomic E-state index is -1.40. The summed E-state index contributed by atoms with van der Waals surface area (Å²) in [6, 6.07) is 29.5. The van der Waals surface area contributed by atoms with Crippen LogP contribution < -0.4 is 5.69 Å². The van der Waals surface area contributed by atoms with Crippen molar-refractivity contribution in [3.05, 3.63) is 146 Å². The van der Waals surface area contributed by atoms with Gasteiger partial charge in [0.25, 0.3) is 0 Å². The molecule has 246 valence electrons. The van der Waals surface area contributed by atoms with Crippen molar-refractivity contribution < 1.29 is 33.3 Å². The number of hydrogen-bond donors (Lipinski definition) is 1. The SMILES string of the molecule is O=C(OC[C@H]1O[C@@H](n2c(=O)[nH]c3nc4cc(Cl)c(Cl)cc4cc32)[C@H](OC(=O)c2ccccc2)[C@@H]1OC(=O)c1ccccc1)c1ccccc1. The third-order valence-electron chi connectivity index (χ3n) is 7.97. The maximum absolute atomic E-state index is 13.6. The Kier molecular flexibility index (Phi) is 8.87. The van der Waals surface area contributed by atoms with Gasteiger partial charge in [-0.05, 0) is 54.6 Å². The van der Waals surface area contributed by atoms with Gasteiger partial charge in [0.1, 0.15) is 12.7 Å². The summed E-state index contributed by atoms with van der Waals surface area (Å²) in [6.07, 6.45) is -5.29. The number of benzene rings is 4. The first-order valence-electron chi connectivity index (χ1n) is 15.1. The maximum Gasteiger partial charge on any atom is 0.338 e. The monoisotopic (exact) mass is 697 g/mol. The second-order valence-electron chi connectivity index (χ2n) is 11.1. The minimum Gasteiger partial charge on any atom is -0.459 e. The molecule has 0 spiro atoms. The van der Waals surface area contributed by atoms with Crippen molar-refractivity contribution >= 4 is 63.2 Å². The molecule has 0 bridgehead atoms. The zero-order valence-corrected chi connectivity index (χ0v) is 26.8. The zero-order chi connectivity index (χ0) is 34.1. The molecule has 0 saturated carbocycles. The van der Waals surface area contributed by atoms with Crippen LogP contribution in [0.5, 0.6) is 0 Å². The van der Waals surface area contributed by atoms with Crippen molar-refractivity contribution in [3.63, 3.8) is 0 Å².